The third-order valence-corrected chi connectivity index (χ3v) is 5.21. The number of nitrogens with zero attached hydrogens (tertiary/aromatic N) is 3. The van der Waals surface area contributed by atoms with E-state index in [2.05, 4.69) is 53.4 Å². The lowest BCUT2D eigenvalue weighted by atomic mass is 9.81. The first-order valence-electron chi connectivity index (χ1n) is 9.90. The van der Waals surface area contributed by atoms with E-state index in [4.69, 9.17) is 4.74 Å². The van der Waals surface area contributed by atoms with Crippen LogP contribution < -0.4 is 10.1 Å². The van der Waals surface area contributed by atoms with Gasteiger partial charge in [0.1, 0.15) is 17.7 Å². The number of H-pyrrole nitrogens is 1. The second kappa shape index (κ2) is 7.43. The number of hydrogen-bond acceptors (Lipinski definition) is 5. The highest BCUT2D eigenvalue weighted by Crippen LogP contribution is 2.32. The van der Waals surface area contributed by atoms with E-state index in [1.807, 2.05) is 0 Å². The van der Waals surface area contributed by atoms with Crippen LogP contribution in [0, 0.1) is 11.6 Å². The minimum Gasteiger partial charge on any atom is -0.473 e. The zero-order chi connectivity index (χ0) is 21.5. The van der Waals surface area contributed by atoms with E-state index in [-0.39, 0.29) is 28.4 Å². The molecular weight excluding hydrogens is 388 g/mol. The summed E-state index contributed by atoms with van der Waals surface area (Å²) < 4.78 is 35.3. The van der Waals surface area contributed by atoms with Crippen molar-refractivity contribution in [3.05, 3.63) is 48.3 Å². The van der Waals surface area contributed by atoms with Gasteiger partial charge in [0, 0.05) is 41.7 Å². The summed E-state index contributed by atoms with van der Waals surface area (Å²) in [7, 11) is 0. The number of benzene rings is 1. The largest absolute Gasteiger partial charge is 0.473 e. The molecule has 6 nitrogen and oxygen atoms in total. The van der Waals surface area contributed by atoms with Crippen molar-refractivity contribution in [2.45, 2.75) is 57.7 Å². The lowest BCUT2D eigenvalue weighted by Gasteiger charge is -2.46. The van der Waals surface area contributed by atoms with Crippen LogP contribution in [0.1, 0.15) is 40.5 Å². The molecule has 158 valence electrons. The fraction of sp³-hybridized carbons (Fsp3) is 0.409. The number of aromatic amines is 1. The summed E-state index contributed by atoms with van der Waals surface area (Å²) in [5, 5.41) is 18.1. The smallest absolute Gasteiger partial charge is 0.233 e. The van der Waals surface area contributed by atoms with Crippen LogP contribution >= 0.6 is 0 Å². The van der Waals surface area contributed by atoms with Gasteiger partial charge in [-0.1, -0.05) is 0 Å². The molecule has 8 heteroatoms. The highest BCUT2D eigenvalue weighted by Gasteiger charge is 2.38. The summed E-state index contributed by atoms with van der Waals surface area (Å²) in [4.78, 5) is 0. The zero-order valence-electron chi connectivity index (χ0n) is 17.5. The SMILES string of the molecule is CC1(C)CC(Oc2ccc(-c3c(F)cc(-c4cn[nH]c4)cc3F)nn2)CC(C)(C)N1. The van der Waals surface area contributed by atoms with Crippen molar-refractivity contribution in [1.29, 1.82) is 0 Å². The molecule has 30 heavy (non-hydrogen) atoms. The fourth-order valence-electron chi connectivity index (χ4n) is 4.39. The topological polar surface area (TPSA) is 75.7 Å². The molecule has 4 rings (SSSR count). The average molecular weight is 413 g/mol. The highest BCUT2D eigenvalue weighted by molar-refractivity contribution is 5.69. The predicted octanol–water partition coefficient (Wildman–Crippen LogP) is 4.50. The van der Waals surface area contributed by atoms with Gasteiger partial charge in [-0.15, -0.1) is 10.2 Å². The van der Waals surface area contributed by atoms with E-state index in [9.17, 15) is 8.78 Å². The number of aromatic nitrogens is 4. The van der Waals surface area contributed by atoms with Gasteiger partial charge in [0.05, 0.1) is 17.5 Å². The molecule has 1 aromatic carbocycles. The van der Waals surface area contributed by atoms with Crippen LogP contribution in [0.25, 0.3) is 22.4 Å². The fourth-order valence-corrected chi connectivity index (χ4v) is 4.39. The molecule has 0 unspecified atom stereocenters. The number of halogens is 2. The molecule has 2 N–H and O–H groups in total. The van der Waals surface area contributed by atoms with Crippen LogP contribution in [0.4, 0.5) is 8.78 Å². The van der Waals surface area contributed by atoms with Crippen LogP contribution in [0.5, 0.6) is 5.88 Å². The van der Waals surface area contributed by atoms with Gasteiger partial charge in [-0.2, -0.15) is 5.10 Å². The van der Waals surface area contributed by atoms with Crippen LogP contribution in [-0.4, -0.2) is 37.6 Å². The number of ether oxygens (including phenoxy) is 1. The summed E-state index contributed by atoms with van der Waals surface area (Å²) in [5.74, 6) is -1.08. The van der Waals surface area contributed by atoms with E-state index in [1.165, 1.54) is 24.4 Å². The number of piperidine rings is 1. The van der Waals surface area contributed by atoms with Crippen LogP contribution in [0.15, 0.2) is 36.7 Å². The van der Waals surface area contributed by atoms with Crippen molar-refractivity contribution >= 4 is 0 Å². The van der Waals surface area contributed by atoms with Crippen molar-refractivity contribution in [3.8, 4) is 28.3 Å². The summed E-state index contributed by atoms with van der Waals surface area (Å²) in [6, 6.07) is 5.65. The van der Waals surface area contributed by atoms with E-state index in [0.717, 1.165) is 12.8 Å². The minimum atomic E-state index is -0.712. The standard InChI is InChI=1S/C22H25F2N5O/c1-21(2)9-15(10-22(3,4)29-21)30-19-6-5-18(27-28-19)20-16(23)7-13(8-17(20)24)14-11-25-26-12-14/h5-8,11-12,15,29H,9-10H2,1-4H3,(H,25,26). The van der Waals surface area contributed by atoms with E-state index < -0.39 is 11.6 Å². The molecule has 0 amide bonds. The van der Waals surface area contributed by atoms with Crippen molar-refractivity contribution in [1.82, 2.24) is 25.7 Å². The van der Waals surface area contributed by atoms with Gasteiger partial charge in [0.15, 0.2) is 0 Å². The summed E-state index contributed by atoms with van der Waals surface area (Å²) >= 11 is 0. The van der Waals surface area contributed by atoms with Gasteiger partial charge >= 0.3 is 0 Å². The zero-order valence-corrected chi connectivity index (χ0v) is 17.5. The van der Waals surface area contributed by atoms with Crippen LogP contribution in [-0.2, 0) is 0 Å². The molecule has 1 fully saturated rings. The Bertz CT molecular complexity index is 993. The Morgan fingerprint density at radius 1 is 0.967 bits per heavy atom. The first-order valence-corrected chi connectivity index (χ1v) is 9.90. The second-order valence-electron chi connectivity index (χ2n) is 9.10. The Kier molecular flexibility index (Phi) is 5.05. The van der Waals surface area contributed by atoms with Gasteiger partial charge in [0.2, 0.25) is 5.88 Å². The third kappa shape index (κ3) is 4.33. The second-order valence-corrected chi connectivity index (χ2v) is 9.10. The third-order valence-electron chi connectivity index (χ3n) is 5.21. The first kappa shape index (κ1) is 20.4. The Morgan fingerprint density at radius 2 is 1.63 bits per heavy atom. The molecule has 2 aromatic heterocycles. The molecule has 0 aliphatic carbocycles. The number of hydrogen-bond donors (Lipinski definition) is 2. The average Bonchev–Trinajstić information content (AvgIpc) is 3.14. The Labute approximate surface area is 174 Å². The molecule has 0 saturated carbocycles. The molecule has 0 spiro atoms. The Hall–Kier alpha value is -2.87. The maximum Gasteiger partial charge on any atom is 0.233 e. The van der Waals surface area contributed by atoms with E-state index in [0.29, 0.717) is 17.0 Å². The lowest BCUT2D eigenvalue weighted by Crippen LogP contribution is -2.60. The maximum atomic E-state index is 14.7. The molecule has 3 aromatic rings. The minimum absolute atomic E-state index is 0.0286. The molecule has 1 aliphatic heterocycles. The summed E-state index contributed by atoms with van der Waals surface area (Å²) in [6.07, 6.45) is 4.68. The normalized spacial score (nSPS) is 18.3. The monoisotopic (exact) mass is 413 g/mol. The number of rotatable bonds is 4. The van der Waals surface area contributed by atoms with Crippen molar-refractivity contribution < 1.29 is 13.5 Å². The maximum absolute atomic E-state index is 14.7. The van der Waals surface area contributed by atoms with Crippen molar-refractivity contribution in [2.75, 3.05) is 0 Å². The predicted molar refractivity (Wildman–Crippen MR) is 110 cm³/mol. The number of nitrogens with one attached hydrogen (secondary N) is 2. The van der Waals surface area contributed by atoms with Gasteiger partial charge in [-0.25, -0.2) is 8.78 Å². The highest BCUT2D eigenvalue weighted by atomic mass is 19.1. The van der Waals surface area contributed by atoms with Gasteiger partial charge in [0.25, 0.3) is 0 Å². The van der Waals surface area contributed by atoms with Gasteiger partial charge in [-0.05, 0) is 51.5 Å². The van der Waals surface area contributed by atoms with Crippen LogP contribution in [0.2, 0.25) is 0 Å². The molecule has 0 bridgehead atoms. The van der Waals surface area contributed by atoms with Crippen molar-refractivity contribution in [2.24, 2.45) is 0 Å². The molecule has 0 radical (unpaired) electrons. The molecule has 1 saturated heterocycles. The van der Waals surface area contributed by atoms with Gasteiger partial charge < -0.3 is 10.1 Å². The molecule has 3 heterocycles. The summed E-state index contributed by atoms with van der Waals surface area (Å²) in [5.41, 5.74) is 0.756. The molecule has 0 atom stereocenters. The molecule has 1 aliphatic rings. The quantitative estimate of drug-likeness (QED) is 0.659. The van der Waals surface area contributed by atoms with E-state index in [1.54, 1.807) is 12.3 Å². The molecular formula is C22H25F2N5O. The van der Waals surface area contributed by atoms with Crippen LogP contribution in [0.3, 0.4) is 0 Å². The van der Waals surface area contributed by atoms with Crippen molar-refractivity contribution in [3.63, 3.8) is 0 Å². The Morgan fingerprint density at radius 3 is 2.17 bits per heavy atom. The Balaban J connectivity index is 1.54. The van der Waals surface area contributed by atoms with E-state index >= 15 is 0 Å². The lowest BCUT2D eigenvalue weighted by molar-refractivity contribution is 0.0524. The first-order chi connectivity index (χ1) is 14.1. The van der Waals surface area contributed by atoms with Gasteiger partial charge in [-0.3, -0.25) is 5.10 Å². The summed E-state index contributed by atoms with van der Waals surface area (Å²) in [6.45, 7) is 8.55.